The lowest BCUT2D eigenvalue weighted by Crippen LogP contribution is -2.00. The Morgan fingerprint density at radius 1 is 1.24 bits per heavy atom. The molecule has 0 aliphatic carbocycles. The molecule has 21 heavy (non-hydrogen) atoms. The van der Waals surface area contributed by atoms with Gasteiger partial charge in [-0.05, 0) is 30.3 Å². The van der Waals surface area contributed by atoms with Crippen LogP contribution in [0.4, 0.5) is 4.39 Å². The monoisotopic (exact) mass is 324 g/mol. The molecule has 0 saturated heterocycles. The Morgan fingerprint density at radius 2 is 2.05 bits per heavy atom. The molecule has 0 bridgehead atoms. The van der Waals surface area contributed by atoms with Gasteiger partial charge in [0.25, 0.3) is 0 Å². The number of hydrogen-bond donors (Lipinski definition) is 0. The molecule has 6 heteroatoms. The maximum absolute atomic E-state index is 13.6. The minimum absolute atomic E-state index is 0.170. The van der Waals surface area contributed by atoms with E-state index in [2.05, 4.69) is 4.98 Å². The summed E-state index contributed by atoms with van der Waals surface area (Å²) in [6, 6.07) is 10.0. The average molecular weight is 325 g/mol. The fourth-order valence-corrected chi connectivity index (χ4v) is 2.61. The first-order valence-electron chi connectivity index (χ1n) is 6.21. The molecule has 1 heterocycles. The van der Waals surface area contributed by atoms with Crippen LogP contribution in [-0.4, -0.2) is 16.7 Å². The number of hydrogen-bond acceptors (Lipinski definition) is 2. The quantitative estimate of drug-likeness (QED) is 0.660. The first-order valence-corrected chi connectivity index (χ1v) is 7.12. The summed E-state index contributed by atoms with van der Waals surface area (Å²) < 4.78 is 20.5. The van der Waals surface area contributed by atoms with Gasteiger partial charge in [0.15, 0.2) is 11.6 Å². The number of fused-ring (bicyclic) bond motifs is 1. The number of rotatable bonds is 3. The molecule has 3 aromatic rings. The number of ether oxygens (including phenoxy) is 1. The van der Waals surface area contributed by atoms with E-state index in [1.54, 1.807) is 24.3 Å². The normalized spacial score (nSPS) is 11.0. The van der Waals surface area contributed by atoms with Gasteiger partial charge in [0.2, 0.25) is 0 Å². The van der Waals surface area contributed by atoms with Gasteiger partial charge in [0, 0.05) is 11.1 Å². The second-order valence-corrected chi connectivity index (χ2v) is 5.15. The van der Waals surface area contributed by atoms with Crippen molar-refractivity contribution in [3.05, 3.63) is 53.1 Å². The zero-order chi connectivity index (χ0) is 15.0. The van der Waals surface area contributed by atoms with Crippen molar-refractivity contribution in [3.8, 4) is 11.4 Å². The van der Waals surface area contributed by atoms with Crippen molar-refractivity contribution in [2.75, 3.05) is 7.11 Å². The highest BCUT2D eigenvalue weighted by Crippen LogP contribution is 2.28. The molecule has 2 aromatic carbocycles. The van der Waals surface area contributed by atoms with Gasteiger partial charge in [0.1, 0.15) is 5.82 Å². The number of nitrogens with zero attached hydrogens (tertiary/aromatic N) is 2. The smallest absolute Gasteiger partial charge is 0.165 e. The lowest BCUT2D eigenvalue weighted by molar-refractivity contribution is 0.386. The van der Waals surface area contributed by atoms with Crippen LogP contribution in [0.5, 0.6) is 5.75 Å². The molecule has 3 rings (SSSR count). The maximum atomic E-state index is 13.6. The highest BCUT2D eigenvalue weighted by atomic mass is 35.5. The van der Waals surface area contributed by atoms with E-state index in [1.165, 1.54) is 13.2 Å². The third-order valence-corrected chi connectivity index (χ3v) is 3.67. The molecule has 108 valence electrons. The molecule has 0 spiro atoms. The van der Waals surface area contributed by atoms with Gasteiger partial charge in [0.05, 0.1) is 29.7 Å². The van der Waals surface area contributed by atoms with E-state index in [4.69, 9.17) is 27.9 Å². The minimum atomic E-state index is -0.416. The molecule has 0 atom stereocenters. The summed E-state index contributed by atoms with van der Waals surface area (Å²) in [6.07, 6.45) is 0. The van der Waals surface area contributed by atoms with Crippen LogP contribution < -0.4 is 4.74 Å². The van der Waals surface area contributed by atoms with Crippen molar-refractivity contribution in [3.63, 3.8) is 0 Å². The summed E-state index contributed by atoms with van der Waals surface area (Å²) in [4.78, 5) is 4.46. The largest absolute Gasteiger partial charge is 0.494 e. The van der Waals surface area contributed by atoms with E-state index in [-0.39, 0.29) is 11.6 Å². The van der Waals surface area contributed by atoms with Crippen LogP contribution in [0.3, 0.4) is 0 Å². The molecule has 1 aromatic heterocycles. The zero-order valence-electron chi connectivity index (χ0n) is 11.1. The van der Waals surface area contributed by atoms with Crippen LogP contribution in [0, 0.1) is 5.82 Å². The summed E-state index contributed by atoms with van der Waals surface area (Å²) in [5, 5.41) is 0.602. The summed E-state index contributed by atoms with van der Waals surface area (Å²) in [6.45, 7) is 0. The Kier molecular flexibility index (Phi) is 3.74. The maximum Gasteiger partial charge on any atom is 0.165 e. The topological polar surface area (TPSA) is 27.1 Å². The van der Waals surface area contributed by atoms with E-state index in [0.717, 1.165) is 16.7 Å². The Bertz CT molecular complexity index is 817. The van der Waals surface area contributed by atoms with E-state index < -0.39 is 5.82 Å². The number of benzene rings is 2. The van der Waals surface area contributed by atoms with Crippen LogP contribution in [0.2, 0.25) is 5.02 Å². The summed E-state index contributed by atoms with van der Waals surface area (Å²) in [7, 11) is 1.43. The molecule has 0 amide bonds. The number of methoxy groups -OCH3 is 1. The van der Waals surface area contributed by atoms with Crippen LogP contribution in [0.1, 0.15) is 5.82 Å². The first-order chi connectivity index (χ1) is 10.1. The van der Waals surface area contributed by atoms with Crippen molar-refractivity contribution >= 4 is 34.2 Å². The van der Waals surface area contributed by atoms with E-state index in [9.17, 15) is 4.39 Å². The van der Waals surface area contributed by atoms with Gasteiger partial charge in [-0.1, -0.05) is 11.6 Å². The summed E-state index contributed by atoms with van der Waals surface area (Å²) in [5.41, 5.74) is 2.32. The highest BCUT2D eigenvalue weighted by Gasteiger charge is 2.14. The predicted octanol–water partition coefficient (Wildman–Crippen LogP) is 4.57. The van der Waals surface area contributed by atoms with Crippen molar-refractivity contribution in [2.45, 2.75) is 5.88 Å². The van der Waals surface area contributed by atoms with Crippen LogP contribution >= 0.6 is 23.2 Å². The molecule has 3 nitrogen and oxygen atoms in total. The molecule has 0 unspecified atom stereocenters. The molecule has 0 saturated carbocycles. The number of alkyl halides is 1. The van der Waals surface area contributed by atoms with Crippen LogP contribution in [0.25, 0.3) is 16.7 Å². The standard InChI is InChI=1S/C15H11Cl2FN2O/c1-21-14-7-10(3-4-11(14)18)20-13-5-2-9(17)6-12(13)19-15(20)8-16/h2-7H,8H2,1H3. The second-order valence-electron chi connectivity index (χ2n) is 4.45. The Hall–Kier alpha value is -1.78. The van der Waals surface area contributed by atoms with Gasteiger partial charge in [-0.15, -0.1) is 11.6 Å². The molecule has 0 aliphatic rings. The minimum Gasteiger partial charge on any atom is -0.494 e. The van der Waals surface area contributed by atoms with Gasteiger partial charge >= 0.3 is 0 Å². The first kappa shape index (κ1) is 14.2. The molecule has 0 fully saturated rings. The summed E-state index contributed by atoms with van der Waals surface area (Å²) in [5.74, 6) is 0.638. The van der Waals surface area contributed by atoms with Gasteiger partial charge < -0.3 is 4.74 Å². The van der Waals surface area contributed by atoms with Gasteiger partial charge in [-0.3, -0.25) is 4.57 Å². The molecule has 0 radical (unpaired) electrons. The number of imidazole rings is 1. The Labute approximate surface area is 130 Å². The molecule has 0 aliphatic heterocycles. The van der Waals surface area contributed by atoms with E-state index in [0.29, 0.717) is 10.8 Å². The van der Waals surface area contributed by atoms with Crippen LogP contribution in [0.15, 0.2) is 36.4 Å². The van der Waals surface area contributed by atoms with E-state index in [1.807, 2.05) is 10.6 Å². The van der Waals surface area contributed by atoms with Crippen molar-refractivity contribution in [1.82, 2.24) is 9.55 Å². The SMILES string of the molecule is COc1cc(-n2c(CCl)nc3cc(Cl)ccc32)ccc1F. The summed E-state index contributed by atoms with van der Waals surface area (Å²) >= 11 is 12.0. The predicted molar refractivity (Wildman–Crippen MR) is 82.1 cm³/mol. The molecule has 0 N–H and O–H groups in total. The number of halogens is 3. The lowest BCUT2D eigenvalue weighted by Gasteiger charge is -2.10. The Morgan fingerprint density at radius 3 is 2.76 bits per heavy atom. The van der Waals surface area contributed by atoms with E-state index >= 15 is 0 Å². The van der Waals surface area contributed by atoms with Gasteiger partial charge in [-0.2, -0.15) is 0 Å². The van der Waals surface area contributed by atoms with Crippen LogP contribution in [-0.2, 0) is 5.88 Å². The average Bonchev–Trinajstić information content (AvgIpc) is 2.85. The molecular formula is C15H11Cl2FN2O. The number of aromatic nitrogens is 2. The highest BCUT2D eigenvalue weighted by molar-refractivity contribution is 6.31. The zero-order valence-corrected chi connectivity index (χ0v) is 12.6. The van der Waals surface area contributed by atoms with Crippen molar-refractivity contribution in [2.24, 2.45) is 0 Å². The second kappa shape index (κ2) is 5.54. The van der Waals surface area contributed by atoms with Crippen molar-refractivity contribution < 1.29 is 9.13 Å². The fourth-order valence-electron chi connectivity index (χ4n) is 2.27. The molecular weight excluding hydrogens is 314 g/mol. The van der Waals surface area contributed by atoms with Crippen molar-refractivity contribution in [1.29, 1.82) is 0 Å². The fraction of sp³-hybridized carbons (Fsp3) is 0.133. The lowest BCUT2D eigenvalue weighted by atomic mass is 10.2. The Balaban J connectivity index is 2.28. The third kappa shape index (κ3) is 2.45. The third-order valence-electron chi connectivity index (χ3n) is 3.20. The van der Waals surface area contributed by atoms with Gasteiger partial charge in [-0.25, -0.2) is 9.37 Å².